The third kappa shape index (κ3) is 4.69. The molecule has 1 N–H and O–H groups in total. The topological polar surface area (TPSA) is 97.3 Å². The first kappa shape index (κ1) is 24.3. The maximum Gasteiger partial charge on any atom is 0.493 e. The van der Waals surface area contributed by atoms with E-state index in [1.54, 1.807) is 0 Å². The van der Waals surface area contributed by atoms with Crippen molar-refractivity contribution in [1.29, 1.82) is 0 Å². The van der Waals surface area contributed by atoms with Crippen LogP contribution in [0.15, 0.2) is 4.99 Å². The van der Waals surface area contributed by atoms with Crippen LogP contribution < -0.4 is 5.32 Å². The van der Waals surface area contributed by atoms with Gasteiger partial charge in [-0.3, -0.25) is 4.79 Å². The highest BCUT2D eigenvalue weighted by Crippen LogP contribution is 2.40. The van der Waals surface area contributed by atoms with Crippen molar-refractivity contribution in [3.8, 4) is 0 Å². The second kappa shape index (κ2) is 8.52. The maximum absolute atomic E-state index is 13.2. The summed E-state index contributed by atoms with van der Waals surface area (Å²) in [5, 5.41) is 2.81. The number of piperidine rings is 1. The van der Waals surface area contributed by atoms with E-state index in [-0.39, 0.29) is 29.8 Å². The quantitative estimate of drug-likeness (QED) is 0.499. The Morgan fingerprint density at radius 2 is 1.78 bits per heavy atom. The van der Waals surface area contributed by atoms with E-state index in [0.717, 1.165) is 6.42 Å². The molecule has 1 saturated carbocycles. The molecule has 8 nitrogen and oxygen atoms in total. The van der Waals surface area contributed by atoms with Crippen molar-refractivity contribution in [1.82, 2.24) is 10.4 Å². The van der Waals surface area contributed by atoms with Crippen LogP contribution in [0.3, 0.4) is 0 Å². The molecule has 0 aromatic rings. The molecule has 180 valence electrons. The molecule has 2 heterocycles. The van der Waals surface area contributed by atoms with Crippen molar-refractivity contribution in [3.63, 3.8) is 0 Å². The van der Waals surface area contributed by atoms with Gasteiger partial charge in [0.25, 0.3) is 5.91 Å². The molecule has 0 aromatic carbocycles. The van der Waals surface area contributed by atoms with Crippen molar-refractivity contribution in [3.05, 3.63) is 0 Å². The molecule has 4 atom stereocenters. The summed E-state index contributed by atoms with van der Waals surface area (Å²) in [4.78, 5) is 44.6. The molecule has 3 aliphatic rings. The minimum atomic E-state index is -5.42. The summed E-state index contributed by atoms with van der Waals surface area (Å²) >= 11 is 0. The van der Waals surface area contributed by atoms with E-state index in [2.05, 4.69) is 19.9 Å². The second-order valence-electron chi connectivity index (χ2n) is 8.18. The number of nitrogens with one attached hydrogen (secondary N) is 1. The van der Waals surface area contributed by atoms with Gasteiger partial charge in [0.1, 0.15) is 11.9 Å². The van der Waals surface area contributed by atoms with E-state index >= 15 is 0 Å². The lowest BCUT2D eigenvalue weighted by molar-refractivity contribution is -0.227. The molecule has 0 aromatic heterocycles. The van der Waals surface area contributed by atoms with Crippen LogP contribution in [0.4, 0.5) is 26.3 Å². The molecule has 32 heavy (non-hydrogen) atoms. The van der Waals surface area contributed by atoms with Crippen LogP contribution in [0.2, 0.25) is 0 Å². The Morgan fingerprint density at radius 3 is 2.38 bits per heavy atom. The zero-order valence-corrected chi connectivity index (χ0v) is 16.9. The van der Waals surface area contributed by atoms with Crippen LogP contribution >= 0.6 is 0 Å². The number of nitrogens with zero attached hydrogens (tertiary/aromatic N) is 2. The number of ether oxygens (including phenoxy) is 1. The van der Waals surface area contributed by atoms with Gasteiger partial charge in [-0.1, -0.05) is 19.8 Å². The highest BCUT2D eigenvalue weighted by atomic mass is 19.4. The molecule has 14 heteroatoms. The Hall–Kier alpha value is -2.38. The van der Waals surface area contributed by atoms with Crippen molar-refractivity contribution in [2.75, 3.05) is 13.1 Å². The third-order valence-electron chi connectivity index (χ3n) is 5.81. The molecule has 1 saturated heterocycles. The normalized spacial score (nSPS) is 31.5. The van der Waals surface area contributed by atoms with Crippen molar-refractivity contribution < 1.29 is 50.3 Å². The molecule has 4 unspecified atom stereocenters. The molecule has 1 spiro atoms. The molecule has 2 fully saturated rings. The standard InChI is InChI=1S/C18H21F6N3O5/c1-9-3-2-4-10(7-9)12-26-16(13(28)27(12)32-15(30)18(22,23)24)5-6-25-8-11(16)31-14(29)17(19,20)21/h9-11,25H,2-8H2,1H3. The number of halogens is 6. The van der Waals surface area contributed by atoms with Gasteiger partial charge in [-0.2, -0.15) is 26.3 Å². The smallest absolute Gasteiger partial charge is 0.451 e. The zero-order chi connectivity index (χ0) is 23.9. The first-order valence-corrected chi connectivity index (χ1v) is 9.97. The molecule has 0 bridgehead atoms. The van der Waals surface area contributed by atoms with Crippen molar-refractivity contribution in [2.24, 2.45) is 16.8 Å². The summed E-state index contributed by atoms with van der Waals surface area (Å²) in [6, 6.07) is 0. The van der Waals surface area contributed by atoms with Gasteiger partial charge < -0.3 is 14.9 Å². The van der Waals surface area contributed by atoms with E-state index in [0.29, 0.717) is 19.3 Å². The molecular weight excluding hydrogens is 452 g/mol. The highest BCUT2D eigenvalue weighted by Gasteiger charge is 2.61. The Bertz CT molecular complexity index is 814. The number of amides is 1. The SMILES string of the molecule is CC1CCCC(C2=NC3(CCNCC3OC(=O)C(F)(F)F)C(=O)N2OC(=O)C(F)(F)F)C1. The number of carbonyl (C=O) groups is 3. The van der Waals surface area contributed by atoms with E-state index < -0.39 is 54.3 Å². The summed E-state index contributed by atoms with van der Waals surface area (Å²) in [6.07, 6.45) is -10.4. The van der Waals surface area contributed by atoms with Gasteiger partial charge in [0, 0.05) is 12.5 Å². The number of amidine groups is 1. The van der Waals surface area contributed by atoms with Gasteiger partial charge in [0.2, 0.25) is 0 Å². The number of alkyl halides is 6. The first-order valence-electron chi connectivity index (χ1n) is 9.97. The van der Waals surface area contributed by atoms with E-state index in [1.165, 1.54) is 0 Å². The zero-order valence-electron chi connectivity index (χ0n) is 16.9. The Balaban J connectivity index is 1.99. The van der Waals surface area contributed by atoms with Crippen LogP contribution in [0, 0.1) is 11.8 Å². The van der Waals surface area contributed by atoms with Crippen molar-refractivity contribution in [2.45, 2.75) is 63.0 Å². The van der Waals surface area contributed by atoms with Crippen LogP contribution in [0.25, 0.3) is 0 Å². The number of carbonyl (C=O) groups excluding carboxylic acids is 3. The minimum absolute atomic E-state index is 0.0602. The van der Waals surface area contributed by atoms with Gasteiger partial charge in [0.05, 0.1) is 0 Å². The van der Waals surface area contributed by atoms with Crippen LogP contribution in [0.1, 0.15) is 39.0 Å². The van der Waals surface area contributed by atoms with Crippen molar-refractivity contribution >= 4 is 23.7 Å². The number of hydroxylamine groups is 2. The predicted octanol–water partition coefficient (Wildman–Crippen LogP) is 2.28. The fraction of sp³-hybridized carbons (Fsp3) is 0.778. The number of hydrogen-bond donors (Lipinski definition) is 1. The third-order valence-corrected chi connectivity index (χ3v) is 5.81. The molecule has 0 radical (unpaired) electrons. The van der Waals surface area contributed by atoms with Gasteiger partial charge >= 0.3 is 24.3 Å². The number of aliphatic imine (C=N–C) groups is 1. The Labute approximate surface area is 178 Å². The van der Waals surface area contributed by atoms with Crippen LogP contribution in [-0.4, -0.2) is 65.8 Å². The molecule has 2 aliphatic heterocycles. The molecular formula is C18H21F6N3O5. The fourth-order valence-corrected chi connectivity index (χ4v) is 4.28. The van der Waals surface area contributed by atoms with Gasteiger partial charge in [-0.15, -0.1) is 5.06 Å². The number of hydrogen-bond acceptors (Lipinski definition) is 7. The molecule has 1 amide bonds. The van der Waals surface area contributed by atoms with Crippen LogP contribution in [0.5, 0.6) is 0 Å². The van der Waals surface area contributed by atoms with Gasteiger partial charge in [-0.05, 0) is 31.7 Å². The maximum atomic E-state index is 13.2. The van der Waals surface area contributed by atoms with Crippen LogP contribution in [-0.2, 0) is 24.0 Å². The predicted molar refractivity (Wildman–Crippen MR) is 93.7 cm³/mol. The average Bonchev–Trinajstić information content (AvgIpc) is 2.95. The highest BCUT2D eigenvalue weighted by molar-refractivity contribution is 6.09. The largest absolute Gasteiger partial charge is 0.493 e. The summed E-state index contributed by atoms with van der Waals surface area (Å²) in [7, 11) is 0. The lowest BCUT2D eigenvalue weighted by atomic mass is 9.82. The summed E-state index contributed by atoms with van der Waals surface area (Å²) in [6.45, 7) is 1.56. The molecule has 1 aliphatic carbocycles. The van der Waals surface area contributed by atoms with E-state index in [1.807, 2.05) is 6.92 Å². The fourth-order valence-electron chi connectivity index (χ4n) is 4.28. The number of esters is 1. The second-order valence-corrected chi connectivity index (χ2v) is 8.18. The van der Waals surface area contributed by atoms with E-state index in [9.17, 15) is 40.7 Å². The van der Waals surface area contributed by atoms with Gasteiger partial charge in [-0.25, -0.2) is 14.6 Å². The number of rotatable bonds is 3. The lowest BCUT2D eigenvalue weighted by Crippen LogP contribution is -2.60. The summed E-state index contributed by atoms with van der Waals surface area (Å²) < 4.78 is 81.2. The van der Waals surface area contributed by atoms with E-state index in [4.69, 9.17) is 0 Å². The first-order chi connectivity index (χ1) is 14.8. The summed E-state index contributed by atoms with van der Waals surface area (Å²) in [5.41, 5.74) is -2.13. The Morgan fingerprint density at radius 1 is 1.12 bits per heavy atom. The monoisotopic (exact) mass is 473 g/mol. The Kier molecular flexibility index (Phi) is 6.46. The summed E-state index contributed by atoms with van der Waals surface area (Å²) in [5.74, 6) is -7.20. The minimum Gasteiger partial charge on any atom is -0.451 e. The average molecular weight is 473 g/mol. The molecule has 3 rings (SSSR count). The lowest BCUT2D eigenvalue weighted by Gasteiger charge is -2.36. The van der Waals surface area contributed by atoms with Gasteiger partial charge in [0.15, 0.2) is 5.54 Å².